The average molecular weight is 457 g/mol. The smallest absolute Gasteiger partial charge is 0.218 e. The van der Waals surface area contributed by atoms with Crippen LogP contribution in [0.15, 0.2) is 0 Å². The first-order valence-electron chi connectivity index (χ1n) is 11.9. The lowest BCUT2D eigenvalue weighted by Crippen LogP contribution is -3.15. The average Bonchev–Trinajstić information content (AvgIpc) is 3.12. The third-order valence-electron chi connectivity index (χ3n) is 9.39. The van der Waals surface area contributed by atoms with E-state index in [4.69, 9.17) is 4.74 Å². The fourth-order valence-corrected chi connectivity index (χ4v) is 10.4. The van der Waals surface area contributed by atoms with E-state index in [1.807, 2.05) is 0 Å². The number of piperidine rings is 1. The lowest BCUT2D eigenvalue weighted by Gasteiger charge is -2.49. The van der Waals surface area contributed by atoms with Crippen LogP contribution in [0, 0.1) is 23.7 Å². The Labute approximate surface area is 185 Å². The molecule has 12 unspecified atom stereocenters. The zero-order chi connectivity index (χ0) is 22.2. The first-order chi connectivity index (χ1) is 14.6. The van der Waals surface area contributed by atoms with Crippen LogP contribution in [0.5, 0.6) is 0 Å². The van der Waals surface area contributed by atoms with Crippen molar-refractivity contribution in [1.29, 1.82) is 0 Å². The lowest BCUT2D eigenvalue weighted by atomic mass is 9.71. The van der Waals surface area contributed by atoms with Crippen LogP contribution in [-0.2, 0) is 19.4 Å². The number of carbonyl (C=O) groups excluding carboxylic acids is 1. The Hall–Kier alpha value is -0.740. The molecule has 3 aliphatic heterocycles. The Morgan fingerprint density at radius 1 is 1.16 bits per heavy atom. The van der Waals surface area contributed by atoms with Gasteiger partial charge in [-0.1, -0.05) is 0 Å². The predicted octanol–water partition coefficient (Wildman–Crippen LogP) is -1.36. The molecule has 2 saturated carbocycles. The third kappa shape index (κ3) is 3.29. The normalized spacial score (nSPS) is 51.6. The molecule has 1 amide bonds. The van der Waals surface area contributed by atoms with Crippen LogP contribution >= 0.6 is 0 Å². The third-order valence-corrected chi connectivity index (χ3v) is 11.0. The maximum atomic E-state index is 13.0. The Balaban J connectivity index is 1.64. The van der Waals surface area contributed by atoms with Crippen LogP contribution in [-0.4, -0.2) is 93.0 Å². The van der Waals surface area contributed by atoms with E-state index in [1.54, 1.807) is 14.0 Å². The number of amides is 1. The second-order valence-corrected chi connectivity index (χ2v) is 13.1. The minimum absolute atomic E-state index is 0.0244. The minimum atomic E-state index is -3.32. The zero-order valence-electron chi connectivity index (χ0n) is 19.0. The summed E-state index contributed by atoms with van der Waals surface area (Å²) in [6, 6.07) is 0.729. The number of methoxy groups -OCH3 is 1. The lowest BCUT2D eigenvalue weighted by molar-refractivity contribution is -0.911. The number of rotatable bonds is 3. The number of fused-ring (bicyclic) bond motifs is 3. The number of nitrogens with one attached hydrogen (secondary N) is 2. The van der Waals surface area contributed by atoms with Gasteiger partial charge in [-0.3, -0.25) is 9.69 Å². The molecule has 0 aromatic heterocycles. The summed E-state index contributed by atoms with van der Waals surface area (Å²) in [5, 5.41) is 13.1. The van der Waals surface area contributed by atoms with E-state index in [0.29, 0.717) is 24.3 Å². The number of sulfone groups is 1. The van der Waals surface area contributed by atoms with Gasteiger partial charge in [-0.05, 0) is 43.4 Å². The minimum Gasteiger partial charge on any atom is -0.393 e. The van der Waals surface area contributed by atoms with Gasteiger partial charge < -0.3 is 20.1 Å². The van der Waals surface area contributed by atoms with Gasteiger partial charge in [-0.15, -0.1) is 0 Å². The van der Waals surface area contributed by atoms with E-state index in [1.165, 1.54) is 11.2 Å². The van der Waals surface area contributed by atoms with Crippen molar-refractivity contribution in [3.05, 3.63) is 0 Å². The largest absolute Gasteiger partial charge is 0.393 e. The molecular weight excluding hydrogens is 418 g/mol. The number of carbonyl (C=O) groups is 1. The van der Waals surface area contributed by atoms with Crippen LogP contribution < -0.4 is 10.2 Å². The second-order valence-electron chi connectivity index (χ2n) is 10.9. The van der Waals surface area contributed by atoms with Crippen molar-refractivity contribution in [2.75, 3.05) is 27.0 Å². The molecule has 176 valence electrons. The van der Waals surface area contributed by atoms with E-state index in [2.05, 4.69) is 17.3 Å². The molecule has 5 fully saturated rings. The molecule has 12 atom stereocenters. The number of likely N-dealkylation sites (tertiary alicyclic amines) is 1. The van der Waals surface area contributed by atoms with Crippen molar-refractivity contribution in [2.45, 2.75) is 80.8 Å². The van der Waals surface area contributed by atoms with E-state index < -0.39 is 15.1 Å². The van der Waals surface area contributed by atoms with Gasteiger partial charge in [0.05, 0.1) is 31.1 Å². The summed E-state index contributed by atoms with van der Waals surface area (Å²) in [6.07, 6.45) is 4.94. The number of likely N-dealkylation sites (N-methyl/N-ethyl adjacent to an activating group) is 1. The number of quaternary nitrogens is 1. The highest BCUT2D eigenvalue weighted by Crippen LogP contribution is 2.57. The molecule has 0 bridgehead atoms. The molecule has 3 saturated heterocycles. The van der Waals surface area contributed by atoms with Gasteiger partial charge in [-0.25, -0.2) is 8.42 Å². The summed E-state index contributed by atoms with van der Waals surface area (Å²) in [4.78, 5) is 16.1. The van der Waals surface area contributed by atoms with E-state index in [9.17, 15) is 18.3 Å². The highest BCUT2D eigenvalue weighted by molar-refractivity contribution is 7.91. The van der Waals surface area contributed by atoms with Crippen molar-refractivity contribution in [2.24, 2.45) is 23.7 Å². The van der Waals surface area contributed by atoms with Crippen molar-refractivity contribution < 1.29 is 28.0 Å². The van der Waals surface area contributed by atoms with Gasteiger partial charge in [0.2, 0.25) is 5.91 Å². The van der Waals surface area contributed by atoms with E-state index >= 15 is 0 Å². The molecule has 0 aromatic carbocycles. The monoisotopic (exact) mass is 456 g/mol. The number of aliphatic hydroxyl groups is 1. The van der Waals surface area contributed by atoms with Crippen molar-refractivity contribution in [3.63, 3.8) is 0 Å². The molecule has 2 aliphatic carbocycles. The summed E-state index contributed by atoms with van der Waals surface area (Å²) < 4.78 is 32.0. The second kappa shape index (κ2) is 7.65. The molecule has 3 N–H and O–H groups in total. The molecular formula is C22H38N3O5S+. The highest BCUT2D eigenvalue weighted by Gasteiger charge is 2.69. The van der Waals surface area contributed by atoms with Gasteiger partial charge in [0, 0.05) is 44.7 Å². The molecule has 0 spiro atoms. The van der Waals surface area contributed by atoms with Gasteiger partial charge in [-0.2, -0.15) is 0 Å². The quantitative estimate of drug-likeness (QED) is 0.485. The van der Waals surface area contributed by atoms with Crippen molar-refractivity contribution in [3.8, 4) is 0 Å². The fraction of sp³-hybridized carbons (Fsp3) is 0.955. The molecule has 5 aliphatic rings. The number of ether oxygens (including phenoxy) is 1. The van der Waals surface area contributed by atoms with E-state index in [0.717, 1.165) is 32.2 Å². The fourth-order valence-electron chi connectivity index (χ4n) is 8.67. The Kier molecular flexibility index (Phi) is 5.45. The van der Waals surface area contributed by atoms with Gasteiger partial charge >= 0.3 is 0 Å². The van der Waals surface area contributed by atoms with Crippen LogP contribution in [0.3, 0.4) is 0 Å². The van der Waals surface area contributed by atoms with Crippen molar-refractivity contribution >= 4 is 15.7 Å². The summed E-state index contributed by atoms with van der Waals surface area (Å²) in [5.41, 5.74) is 0. The molecule has 31 heavy (non-hydrogen) atoms. The van der Waals surface area contributed by atoms with Gasteiger partial charge in [0.1, 0.15) is 12.1 Å². The molecule has 0 aromatic rings. The summed E-state index contributed by atoms with van der Waals surface area (Å²) in [7, 11) is 0.529. The summed E-state index contributed by atoms with van der Waals surface area (Å²) >= 11 is 0. The summed E-state index contributed by atoms with van der Waals surface area (Å²) in [5.74, 6) is 0.978. The van der Waals surface area contributed by atoms with E-state index in [-0.39, 0.29) is 48.2 Å². The van der Waals surface area contributed by atoms with Gasteiger partial charge in [0.25, 0.3) is 0 Å². The Morgan fingerprint density at radius 3 is 2.55 bits per heavy atom. The highest BCUT2D eigenvalue weighted by atomic mass is 32.2. The van der Waals surface area contributed by atoms with Crippen molar-refractivity contribution in [1.82, 2.24) is 10.2 Å². The molecule has 8 nitrogen and oxygen atoms in total. The SMILES string of the molecule is COC1C2C3C(CC(NC(C)=O)N4C5CCC(O)CC5C(CC[NH+]2C)C34)C1S(C)(=O)=O. The maximum absolute atomic E-state index is 13.0. The van der Waals surface area contributed by atoms with Gasteiger partial charge in [0.15, 0.2) is 9.84 Å². The number of nitrogens with zero attached hydrogens (tertiary/aromatic N) is 1. The number of hydrogen-bond acceptors (Lipinski definition) is 6. The Bertz CT molecular complexity index is 837. The molecule has 5 rings (SSSR count). The van der Waals surface area contributed by atoms with Crippen LogP contribution in [0.1, 0.15) is 39.0 Å². The number of aliphatic hydroxyl groups excluding tert-OH is 1. The summed E-state index contributed by atoms with van der Waals surface area (Å²) in [6.45, 7) is 2.54. The maximum Gasteiger partial charge on any atom is 0.218 e. The first kappa shape index (κ1) is 22.1. The van der Waals surface area contributed by atoms with Crippen LogP contribution in [0.2, 0.25) is 0 Å². The van der Waals surface area contributed by atoms with Crippen LogP contribution in [0.4, 0.5) is 0 Å². The Morgan fingerprint density at radius 2 is 1.90 bits per heavy atom. The molecule has 9 heteroatoms. The first-order valence-corrected chi connectivity index (χ1v) is 13.9. The predicted molar refractivity (Wildman–Crippen MR) is 115 cm³/mol. The number of hydrogen-bond donors (Lipinski definition) is 3. The standard InChI is InChI=1S/C22H37N3O5S/c1-11(26)23-17-10-15-18-19-13(14-9-12(27)5-6-16(14)25(17)19)7-8-24(2)20(18)21(30-3)22(15)31(4,28)29/h12-22,27H,5-10H2,1-4H3,(H,23,26)/p+1. The molecule has 3 heterocycles. The zero-order valence-corrected chi connectivity index (χ0v) is 19.8. The molecule has 0 radical (unpaired) electrons. The topological polar surface area (TPSA) is 100 Å². The van der Waals surface area contributed by atoms with Crippen LogP contribution in [0.25, 0.3) is 0 Å².